The smallest absolute Gasteiger partial charge is 0.254 e. The van der Waals surface area contributed by atoms with Gasteiger partial charge >= 0.3 is 0 Å². The molecule has 1 aromatic rings. The number of amides is 1. The van der Waals surface area contributed by atoms with Crippen LogP contribution in [0.25, 0.3) is 0 Å². The topological polar surface area (TPSA) is 45.2 Å². The quantitative estimate of drug-likeness (QED) is 0.918. The van der Waals surface area contributed by atoms with Gasteiger partial charge in [0.15, 0.2) is 0 Å². The number of nitrogens with one attached hydrogen (secondary N) is 1. The number of carbonyl (C=O) groups excluding carboxylic acids is 1. The van der Waals surface area contributed by atoms with Crippen molar-refractivity contribution in [2.75, 3.05) is 19.4 Å². The van der Waals surface area contributed by atoms with Gasteiger partial charge in [-0.15, -0.1) is 0 Å². The van der Waals surface area contributed by atoms with E-state index in [2.05, 4.69) is 17.2 Å². The van der Waals surface area contributed by atoms with Crippen molar-refractivity contribution in [2.24, 2.45) is 5.92 Å². The molecule has 1 heterocycles. The zero-order valence-electron chi connectivity index (χ0n) is 12.7. The highest BCUT2D eigenvalue weighted by molar-refractivity contribution is 5.94. The molecule has 0 bridgehead atoms. The number of rotatable bonds is 4. The number of nitrogens with zero attached hydrogens (tertiary/aromatic N) is 2. The normalized spacial score (nSPS) is 22.4. The number of hydrogen-bond acceptors (Lipinski definition) is 3. The van der Waals surface area contributed by atoms with Crippen LogP contribution in [-0.2, 0) is 0 Å². The molecule has 0 spiro atoms. The molecule has 110 valence electrons. The molecular weight excluding hydrogens is 250 g/mol. The third-order valence-electron chi connectivity index (χ3n) is 4.52. The van der Waals surface area contributed by atoms with Gasteiger partial charge in [-0.2, -0.15) is 0 Å². The van der Waals surface area contributed by atoms with E-state index in [-0.39, 0.29) is 5.91 Å². The van der Waals surface area contributed by atoms with Crippen LogP contribution in [0.15, 0.2) is 18.3 Å². The molecule has 4 heteroatoms. The molecule has 0 radical (unpaired) electrons. The second kappa shape index (κ2) is 6.73. The molecule has 1 aliphatic rings. The number of hydrogen-bond donors (Lipinski definition) is 1. The van der Waals surface area contributed by atoms with Crippen molar-refractivity contribution >= 4 is 11.7 Å². The maximum absolute atomic E-state index is 12.5. The third kappa shape index (κ3) is 3.30. The average molecular weight is 275 g/mol. The summed E-state index contributed by atoms with van der Waals surface area (Å²) in [5.74, 6) is 1.69. The van der Waals surface area contributed by atoms with E-state index in [0.29, 0.717) is 11.6 Å². The predicted octanol–water partition coefficient (Wildman–Crippen LogP) is 3.16. The number of carbonyl (C=O) groups is 1. The highest BCUT2D eigenvalue weighted by Crippen LogP contribution is 2.29. The van der Waals surface area contributed by atoms with Gasteiger partial charge in [0.1, 0.15) is 5.82 Å². The Morgan fingerprint density at radius 1 is 1.40 bits per heavy atom. The second-order valence-electron chi connectivity index (χ2n) is 5.68. The summed E-state index contributed by atoms with van der Waals surface area (Å²) in [5.41, 5.74) is 0.712. The van der Waals surface area contributed by atoms with E-state index >= 15 is 0 Å². The van der Waals surface area contributed by atoms with Crippen molar-refractivity contribution in [1.29, 1.82) is 0 Å². The molecule has 1 fully saturated rings. The Balaban J connectivity index is 2.01. The van der Waals surface area contributed by atoms with Crippen LogP contribution in [0.1, 0.15) is 49.4 Å². The monoisotopic (exact) mass is 275 g/mol. The Labute approximate surface area is 121 Å². The Kier molecular flexibility index (Phi) is 4.99. The van der Waals surface area contributed by atoms with Gasteiger partial charge in [0.25, 0.3) is 5.91 Å². The zero-order valence-corrected chi connectivity index (χ0v) is 12.7. The minimum absolute atomic E-state index is 0.101. The van der Waals surface area contributed by atoms with Crippen molar-refractivity contribution in [1.82, 2.24) is 9.88 Å². The summed E-state index contributed by atoms with van der Waals surface area (Å²) < 4.78 is 0. The molecule has 0 saturated heterocycles. The van der Waals surface area contributed by atoms with Gasteiger partial charge in [0.2, 0.25) is 0 Å². The minimum Gasteiger partial charge on any atom is -0.373 e. The lowest BCUT2D eigenvalue weighted by molar-refractivity contribution is 0.0674. The van der Waals surface area contributed by atoms with Crippen LogP contribution in [0.2, 0.25) is 0 Å². The average Bonchev–Trinajstić information content (AvgIpc) is 2.53. The standard InChI is InChI=1S/C16H25N3O/c1-4-12-5-7-14(8-6-12)19(3)16(20)13-9-10-18-15(11-13)17-2/h9-12,14H,4-8H2,1-3H3,(H,17,18). The fourth-order valence-electron chi connectivity index (χ4n) is 3.01. The molecule has 0 aromatic carbocycles. The zero-order chi connectivity index (χ0) is 14.5. The molecule has 1 aromatic heterocycles. The van der Waals surface area contributed by atoms with Gasteiger partial charge in [-0.05, 0) is 43.7 Å². The van der Waals surface area contributed by atoms with Gasteiger partial charge in [0.05, 0.1) is 0 Å². The number of aromatic nitrogens is 1. The lowest BCUT2D eigenvalue weighted by Crippen LogP contribution is -2.39. The van der Waals surface area contributed by atoms with Crippen LogP contribution in [0.5, 0.6) is 0 Å². The first-order chi connectivity index (χ1) is 9.65. The van der Waals surface area contributed by atoms with Gasteiger partial charge in [-0.1, -0.05) is 13.3 Å². The molecule has 0 atom stereocenters. The molecule has 4 nitrogen and oxygen atoms in total. The molecule has 1 N–H and O–H groups in total. The summed E-state index contributed by atoms with van der Waals surface area (Å²) >= 11 is 0. The van der Waals surface area contributed by atoms with E-state index in [1.165, 1.54) is 19.3 Å². The van der Waals surface area contributed by atoms with Gasteiger partial charge in [-0.25, -0.2) is 4.98 Å². The van der Waals surface area contributed by atoms with E-state index in [9.17, 15) is 4.79 Å². The first-order valence-electron chi connectivity index (χ1n) is 7.56. The fraction of sp³-hybridized carbons (Fsp3) is 0.625. The molecule has 20 heavy (non-hydrogen) atoms. The summed E-state index contributed by atoms with van der Waals surface area (Å²) in [4.78, 5) is 18.6. The first kappa shape index (κ1) is 14.8. The number of anilines is 1. The summed E-state index contributed by atoms with van der Waals surface area (Å²) in [6.07, 6.45) is 7.70. The predicted molar refractivity (Wildman–Crippen MR) is 81.9 cm³/mol. The second-order valence-corrected chi connectivity index (χ2v) is 5.68. The molecular formula is C16H25N3O. The van der Waals surface area contributed by atoms with E-state index in [1.54, 1.807) is 12.3 Å². The minimum atomic E-state index is 0.101. The van der Waals surface area contributed by atoms with Crippen LogP contribution < -0.4 is 5.32 Å². The largest absolute Gasteiger partial charge is 0.373 e. The van der Waals surface area contributed by atoms with Crippen LogP contribution in [0, 0.1) is 5.92 Å². The lowest BCUT2D eigenvalue weighted by atomic mass is 9.84. The summed E-state index contributed by atoms with van der Waals surface area (Å²) in [6.45, 7) is 2.26. The molecule has 1 aliphatic carbocycles. The molecule has 2 rings (SSSR count). The van der Waals surface area contributed by atoms with Crippen LogP contribution >= 0.6 is 0 Å². The summed E-state index contributed by atoms with van der Waals surface area (Å²) in [5, 5.41) is 2.97. The van der Waals surface area contributed by atoms with Gasteiger partial charge in [0, 0.05) is 31.9 Å². The first-order valence-corrected chi connectivity index (χ1v) is 7.56. The Hall–Kier alpha value is -1.58. The Bertz CT molecular complexity index is 453. The van der Waals surface area contributed by atoms with E-state index in [0.717, 1.165) is 24.6 Å². The van der Waals surface area contributed by atoms with Crippen molar-refractivity contribution in [2.45, 2.75) is 45.1 Å². The van der Waals surface area contributed by atoms with Gasteiger partial charge in [-0.3, -0.25) is 4.79 Å². The van der Waals surface area contributed by atoms with E-state index < -0.39 is 0 Å². The molecule has 1 saturated carbocycles. The van der Waals surface area contributed by atoms with Crippen molar-refractivity contribution in [3.63, 3.8) is 0 Å². The maximum Gasteiger partial charge on any atom is 0.254 e. The van der Waals surface area contributed by atoms with Crippen molar-refractivity contribution in [3.8, 4) is 0 Å². The Morgan fingerprint density at radius 3 is 2.70 bits per heavy atom. The summed E-state index contributed by atoms with van der Waals surface area (Å²) in [6, 6.07) is 3.99. The number of pyridine rings is 1. The fourth-order valence-corrected chi connectivity index (χ4v) is 3.01. The molecule has 0 unspecified atom stereocenters. The lowest BCUT2D eigenvalue weighted by Gasteiger charge is -2.34. The van der Waals surface area contributed by atoms with Gasteiger partial charge < -0.3 is 10.2 Å². The highest BCUT2D eigenvalue weighted by atomic mass is 16.2. The van der Waals surface area contributed by atoms with E-state index in [1.807, 2.05) is 25.1 Å². The van der Waals surface area contributed by atoms with Crippen LogP contribution in [-0.4, -0.2) is 35.9 Å². The van der Waals surface area contributed by atoms with Crippen molar-refractivity contribution in [3.05, 3.63) is 23.9 Å². The van der Waals surface area contributed by atoms with Crippen LogP contribution in [0.4, 0.5) is 5.82 Å². The molecule has 1 amide bonds. The van der Waals surface area contributed by atoms with E-state index in [4.69, 9.17) is 0 Å². The van der Waals surface area contributed by atoms with Crippen LogP contribution in [0.3, 0.4) is 0 Å². The summed E-state index contributed by atoms with van der Waals surface area (Å²) in [7, 11) is 3.74. The van der Waals surface area contributed by atoms with Crippen molar-refractivity contribution < 1.29 is 4.79 Å². The Morgan fingerprint density at radius 2 is 2.10 bits per heavy atom. The third-order valence-corrected chi connectivity index (χ3v) is 4.52. The SMILES string of the molecule is CCC1CCC(N(C)C(=O)c2ccnc(NC)c2)CC1. The molecule has 0 aliphatic heterocycles. The maximum atomic E-state index is 12.5. The highest BCUT2D eigenvalue weighted by Gasteiger charge is 2.26.